The van der Waals surface area contributed by atoms with Gasteiger partial charge in [0.15, 0.2) is 6.29 Å². The predicted molar refractivity (Wildman–Crippen MR) is 50.8 cm³/mol. The molecule has 2 fully saturated rings. The summed E-state index contributed by atoms with van der Waals surface area (Å²) in [6, 6.07) is 10.2. The van der Waals surface area contributed by atoms with Gasteiger partial charge in [-0.25, -0.2) is 5.32 Å². The molecule has 2 saturated heterocycles. The molecule has 3 heteroatoms. The van der Waals surface area contributed by atoms with Crippen molar-refractivity contribution in [2.75, 3.05) is 19.7 Å². The summed E-state index contributed by atoms with van der Waals surface area (Å²) in [5.74, 6) is 0. The minimum Gasteiger partial charge on any atom is -0.348 e. The Bertz CT molecular complexity index is 323. The van der Waals surface area contributed by atoms with E-state index in [2.05, 4.69) is 17.4 Å². The number of rotatable bonds is 1. The van der Waals surface area contributed by atoms with Crippen LogP contribution in [0.3, 0.4) is 0 Å². The molecule has 1 radical (unpaired) electrons. The Morgan fingerprint density at radius 3 is 3.00 bits per heavy atom. The maximum atomic E-state index is 5.85. The van der Waals surface area contributed by atoms with Crippen molar-refractivity contribution in [3.8, 4) is 0 Å². The molecule has 1 aromatic rings. The van der Waals surface area contributed by atoms with E-state index in [0.29, 0.717) is 19.7 Å². The van der Waals surface area contributed by atoms with E-state index in [1.165, 1.54) is 5.56 Å². The van der Waals surface area contributed by atoms with Gasteiger partial charge in [-0.15, -0.1) is 0 Å². The normalized spacial score (nSPS) is 35.9. The molecule has 3 nitrogen and oxygen atoms in total. The van der Waals surface area contributed by atoms with Crippen LogP contribution in [0.5, 0.6) is 0 Å². The fourth-order valence-corrected chi connectivity index (χ4v) is 2.06. The second-order valence-corrected chi connectivity index (χ2v) is 3.78. The molecule has 2 aliphatic rings. The van der Waals surface area contributed by atoms with Gasteiger partial charge >= 0.3 is 0 Å². The minimum absolute atomic E-state index is 0.121. The summed E-state index contributed by atoms with van der Waals surface area (Å²) in [6.07, 6.45) is -0.121. The first-order chi connectivity index (χ1) is 6.89. The summed E-state index contributed by atoms with van der Waals surface area (Å²) >= 11 is 0. The number of fused-ring (bicyclic) bond motifs is 2. The highest BCUT2D eigenvalue weighted by atomic mass is 16.7. The lowest BCUT2D eigenvalue weighted by molar-refractivity contribution is -0.112. The van der Waals surface area contributed by atoms with Crippen LogP contribution in [0.4, 0.5) is 0 Å². The van der Waals surface area contributed by atoms with Crippen molar-refractivity contribution in [3.63, 3.8) is 0 Å². The highest BCUT2D eigenvalue weighted by Gasteiger charge is 2.46. The molecule has 73 valence electrons. The first-order valence-corrected chi connectivity index (χ1v) is 4.87. The van der Waals surface area contributed by atoms with E-state index in [-0.39, 0.29) is 11.9 Å². The molecular formula is C11H12NO2. The summed E-state index contributed by atoms with van der Waals surface area (Å²) in [5.41, 5.74) is 0.871. The number of ether oxygens (including phenoxy) is 2. The summed E-state index contributed by atoms with van der Waals surface area (Å²) in [4.78, 5) is 0. The SMILES string of the molecule is c1ccc(C23C[N]CC(OC2)O3)cc1. The Hall–Kier alpha value is -0.900. The molecular weight excluding hydrogens is 178 g/mol. The largest absolute Gasteiger partial charge is 0.348 e. The van der Waals surface area contributed by atoms with E-state index in [0.717, 1.165) is 0 Å². The van der Waals surface area contributed by atoms with Gasteiger partial charge in [0, 0.05) is 6.54 Å². The van der Waals surface area contributed by atoms with Gasteiger partial charge in [-0.05, 0) is 5.56 Å². The van der Waals surface area contributed by atoms with E-state index in [1.807, 2.05) is 18.2 Å². The van der Waals surface area contributed by atoms with E-state index in [4.69, 9.17) is 9.47 Å². The van der Waals surface area contributed by atoms with E-state index >= 15 is 0 Å². The van der Waals surface area contributed by atoms with Gasteiger partial charge in [-0.3, -0.25) is 0 Å². The predicted octanol–water partition coefficient (Wildman–Crippen LogP) is 0.873. The molecule has 2 aliphatic heterocycles. The average Bonchev–Trinajstić information content (AvgIpc) is 2.57. The van der Waals surface area contributed by atoms with E-state index in [9.17, 15) is 0 Å². The third kappa shape index (κ3) is 1.17. The molecule has 1 aromatic carbocycles. The highest BCUT2D eigenvalue weighted by Crippen LogP contribution is 2.35. The number of hydrogen-bond donors (Lipinski definition) is 0. The lowest BCUT2D eigenvalue weighted by Crippen LogP contribution is -2.43. The summed E-state index contributed by atoms with van der Waals surface area (Å²) in [6.45, 7) is 2.02. The molecule has 0 amide bonds. The Morgan fingerprint density at radius 1 is 1.29 bits per heavy atom. The quantitative estimate of drug-likeness (QED) is 0.658. The summed E-state index contributed by atoms with van der Waals surface area (Å²) in [7, 11) is 0. The second kappa shape index (κ2) is 3.05. The van der Waals surface area contributed by atoms with Gasteiger partial charge in [-0.1, -0.05) is 30.3 Å². The maximum absolute atomic E-state index is 5.85. The van der Waals surface area contributed by atoms with Crippen LogP contribution in [0.1, 0.15) is 5.56 Å². The Labute approximate surface area is 83.0 Å². The van der Waals surface area contributed by atoms with Gasteiger partial charge < -0.3 is 9.47 Å². The summed E-state index contributed by atoms with van der Waals surface area (Å²) < 4.78 is 11.4. The third-order valence-corrected chi connectivity index (χ3v) is 2.80. The Kier molecular flexibility index (Phi) is 1.83. The first-order valence-electron chi connectivity index (χ1n) is 4.87. The topological polar surface area (TPSA) is 32.6 Å². The molecule has 2 bridgehead atoms. The number of morpholine rings is 1. The monoisotopic (exact) mass is 190 g/mol. The van der Waals surface area contributed by atoms with Gasteiger partial charge in [0.2, 0.25) is 0 Å². The zero-order valence-electron chi connectivity index (χ0n) is 7.85. The molecule has 0 aromatic heterocycles. The average molecular weight is 190 g/mol. The zero-order chi connectivity index (χ0) is 9.43. The van der Waals surface area contributed by atoms with Crippen molar-refractivity contribution in [2.24, 2.45) is 0 Å². The number of hydrogen-bond acceptors (Lipinski definition) is 2. The zero-order valence-corrected chi connectivity index (χ0v) is 7.85. The van der Waals surface area contributed by atoms with Crippen LogP contribution in [-0.4, -0.2) is 26.0 Å². The summed E-state index contributed by atoms with van der Waals surface area (Å²) in [5, 5.41) is 4.40. The molecule has 0 saturated carbocycles. The van der Waals surface area contributed by atoms with Crippen molar-refractivity contribution < 1.29 is 9.47 Å². The van der Waals surface area contributed by atoms with Gasteiger partial charge in [0.05, 0.1) is 13.2 Å². The van der Waals surface area contributed by atoms with Gasteiger partial charge in [-0.2, -0.15) is 0 Å². The fourth-order valence-electron chi connectivity index (χ4n) is 2.06. The number of benzene rings is 1. The molecule has 0 aliphatic carbocycles. The molecule has 2 unspecified atom stereocenters. The lowest BCUT2D eigenvalue weighted by Gasteiger charge is -2.30. The van der Waals surface area contributed by atoms with E-state index in [1.54, 1.807) is 0 Å². The smallest absolute Gasteiger partial charge is 0.173 e. The Balaban J connectivity index is 1.97. The molecule has 0 spiro atoms. The van der Waals surface area contributed by atoms with Crippen molar-refractivity contribution >= 4 is 0 Å². The number of nitrogens with zero attached hydrogens (tertiary/aromatic N) is 1. The Morgan fingerprint density at radius 2 is 2.14 bits per heavy atom. The molecule has 2 heterocycles. The standard InChI is InChI=1S/C11H12NO2/c1-2-4-9(5-3-1)11-7-12-6-10(14-11)13-8-11/h1-5,10H,6-8H2. The van der Waals surface area contributed by atoms with Crippen molar-refractivity contribution in [2.45, 2.75) is 11.9 Å². The van der Waals surface area contributed by atoms with Crippen molar-refractivity contribution in [1.29, 1.82) is 0 Å². The molecule has 14 heavy (non-hydrogen) atoms. The third-order valence-electron chi connectivity index (χ3n) is 2.80. The van der Waals surface area contributed by atoms with Gasteiger partial charge in [0.1, 0.15) is 5.60 Å². The molecule has 2 atom stereocenters. The maximum Gasteiger partial charge on any atom is 0.173 e. The van der Waals surface area contributed by atoms with Crippen LogP contribution in [0, 0.1) is 0 Å². The van der Waals surface area contributed by atoms with Crippen LogP contribution in [0.15, 0.2) is 30.3 Å². The van der Waals surface area contributed by atoms with Crippen LogP contribution in [-0.2, 0) is 15.1 Å². The first kappa shape index (κ1) is 8.41. The van der Waals surface area contributed by atoms with Crippen LogP contribution in [0.2, 0.25) is 0 Å². The second-order valence-electron chi connectivity index (χ2n) is 3.78. The highest BCUT2D eigenvalue weighted by molar-refractivity contribution is 5.24. The van der Waals surface area contributed by atoms with Crippen LogP contribution >= 0.6 is 0 Å². The van der Waals surface area contributed by atoms with Crippen LogP contribution < -0.4 is 5.32 Å². The van der Waals surface area contributed by atoms with E-state index < -0.39 is 0 Å². The molecule has 3 rings (SSSR count). The van der Waals surface area contributed by atoms with Crippen molar-refractivity contribution in [1.82, 2.24) is 5.32 Å². The van der Waals surface area contributed by atoms with Gasteiger partial charge in [0.25, 0.3) is 0 Å². The lowest BCUT2D eigenvalue weighted by atomic mass is 9.94. The van der Waals surface area contributed by atoms with Crippen molar-refractivity contribution in [3.05, 3.63) is 35.9 Å². The molecule has 0 N–H and O–H groups in total. The fraction of sp³-hybridized carbons (Fsp3) is 0.455. The van der Waals surface area contributed by atoms with Crippen LogP contribution in [0.25, 0.3) is 0 Å². The minimum atomic E-state index is -0.301.